The third kappa shape index (κ3) is 4.42. The van der Waals surface area contributed by atoms with Crippen molar-refractivity contribution in [1.82, 2.24) is 10.2 Å². The Balaban J connectivity index is 1.78. The van der Waals surface area contributed by atoms with Crippen LogP contribution in [0.15, 0.2) is 18.2 Å². The number of rotatable bonds is 4. The first-order valence-corrected chi connectivity index (χ1v) is 7.54. The molecule has 1 fully saturated rings. The standard InChI is InChI=1S/C15H18ClFN2O3/c16-13-9-10(17)1-2-12(13)15(22)18-6-3-14(21)19-7-4-11(20)5-8-19/h1-2,9,11,20H,3-8H2,(H,18,22). The second-order valence-corrected chi connectivity index (χ2v) is 5.65. The second-order valence-electron chi connectivity index (χ2n) is 5.24. The van der Waals surface area contributed by atoms with Crippen molar-refractivity contribution in [1.29, 1.82) is 0 Å². The molecule has 22 heavy (non-hydrogen) atoms. The van der Waals surface area contributed by atoms with Gasteiger partial charge in [0.1, 0.15) is 5.82 Å². The van der Waals surface area contributed by atoms with Crippen LogP contribution in [0, 0.1) is 5.82 Å². The summed E-state index contributed by atoms with van der Waals surface area (Å²) in [5.41, 5.74) is 0.177. The number of carbonyl (C=O) groups is 2. The fourth-order valence-corrected chi connectivity index (χ4v) is 2.58. The first kappa shape index (κ1) is 16.7. The molecule has 1 heterocycles. The maximum atomic E-state index is 12.9. The highest BCUT2D eigenvalue weighted by Crippen LogP contribution is 2.17. The number of likely N-dealkylation sites (tertiary alicyclic amines) is 1. The van der Waals surface area contributed by atoms with E-state index in [1.807, 2.05) is 0 Å². The SMILES string of the molecule is O=C(NCCC(=O)N1CCC(O)CC1)c1ccc(F)cc1Cl. The normalized spacial score (nSPS) is 15.7. The fourth-order valence-electron chi connectivity index (χ4n) is 2.33. The van der Waals surface area contributed by atoms with E-state index < -0.39 is 11.7 Å². The smallest absolute Gasteiger partial charge is 0.252 e. The summed E-state index contributed by atoms with van der Waals surface area (Å²) in [5, 5.41) is 12.0. The Morgan fingerprint density at radius 1 is 1.36 bits per heavy atom. The number of benzene rings is 1. The number of aliphatic hydroxyl groups is 1. The fraction of sp³-hybridized carbons (Fsp3) is 0.467. The molecule has 2 N–H and O–H groups in total. The molecule has 0 bridgehead atoms. The van der Waals surface area contributed by atoms with Crippen molar-refractivity contribution < 1.29 is 19.1 Å². The number of piperidine rings is 1. The average molecular weight is 329 g/mol. The van der Waals surface area contributed by atoms with Crippen molar-refractivity contribution in [3.8, 4) is 0 Å². The number of carbonyl (C=O) groups excluding carboxylic acids is 2. The number of hydrogen-bond acceptors (Lipinski definition) is 3. The van der Waals surface area contributed by atoms with E-state index in [0.29, 0.717) is 25.9 Å². The molecule has 1 aliphatic heterocycles. The summed E-state index contributed by atoms with van der Waals surface area (Å²) in [5.74, 6) is -1.01. The predicted molar refractivity (Wildman–Crippen MR) is 80.2 cm³/mol. The molecule has 0 radical (unpaired) electrons. The average Bonchev–Trinajstić information content (AvgIpc) is 2.47. The van der Waals surface area contributed by atoms with Crippen LogP contribution in [0.25, 0.3) is 0 Å². The van der Waals surface area contributed by atoms with Gasteiger partial charge in [-0.3, -0.25) is 9.59 Å². The van der Waals surface area contributed by atoms with Crippen molar-refractivity contribution in [3.63, 3.8) is 0 Å². The maximum Gasteiger partial charge on any atom is 0.252 e. The molecule has 0 atom stereocenters. The lowest BCUT2D eigenvalue weighted by Crippen LogP contribution is -2.41. The van der Waals surface area contributed by atoms with Crippen molar-refractivity contribution in [3.05, 3.63) is 34.6 Å². The van der Waals surface area contributed by atoms with Crippen LogP contribution in [0.2, 0.25) is 5.02 Å². The van der Waals surface area contributed by atoms with Crippen LogP contribution >= 0.6 is 11.6 Å². The van der Waals surface area contributed by atoms with Crippen molar-refractivity contribution in [2.45, 2.75) is 25.4 Å². The van der Waals surface area contributed by atoms with E-state index in [1.54, 1.807) is 4.90 Å². The van der Waals surface area contributed by atoms with Crippen molar-refractivity contribution in [2.24, 2.45) is 0 Å². The lowest BCUT2D eigenvalue weighted by molar-refractivity contribution is -0.133. The Kier molecular flexibility index (Phi) is 5.74. The zero-order valence-corrected chi connectivity index (χ0v) is 12.8. The zero-order valence-electron chi connectivity index (χ0n) is 12.0. The Morgan fingerprint density at radius 2 is 2.05 bits per heavy atom. The summed E-state index contributed by atoms with van der Waals surface area (Å²) in [6.07, 6.45) is 1.03. The summed E-state index contributed by atoms with van der Waals surface area (Å²) in [6, 6.07) is 3.53. The van der Waals surface area contributed by atoms with E-state index >= 15 is 0 Å². The van der Waals surface area contributed by atoms with E-state index in [1.165, 1.54) is 6.07 Å². The summed E-state index contributed by atoms with van der Waals surface area (Å²) < 4.78 is 12.9. The molecule has 0 aliphatic carbocycles. The highest BCUT2D eigenvalue weighted by atomic mass is 35.5. The van der Waals surface area contributed by atoms with E-state index in [9.17, 15) is 19.1 Å². The number of hydrogen-bond donors (Lipinski definition) is 2. The lowest BCUT2D eigenvalue weighted by Gasteiger charge is -2.29. The highest BCUT2D eigenvalue weighted by Gasteiger charge is 2.21. The molecule has 0 saturated carbocycles. The third-order valence-electron chi connectivity index (χ3n) is 3.62. The number of nitrogens with one attached hydrogen (secondary N) is 1. The molecule has 1 saturated heterocycles. The minimum atomic E-state index is -0.510. The number of amides is 2. The Morgan fingerprint density at radius 3 is 2.68 bits per heavy atom. The molecule has 0 unspecified atom stereocenters. The van der Waals surface area contributed by atoms with Gasteiger partial charge in [0.15, 0.2) is 0 Å². The molecular formula is C15H18ClFN2O3. The largest absolute Gasteiger partial charge is 0.393 e. The van der Waals surface area contributed by atoms with Gasteiger partial charge in [-0.25, -0.2) is 4.39 Å². The molecule has 120 valence electrons. The van der Waals surface area contributed by atoms with Crippen LogP contribution in [0.1, 0.15) is 29.6 Å². The van der Waals surface area contributed by atoms with Gasteiger partial charge in [0.2, 0.25) is 5.91 Å². The molecule has 0 aromatic heterocycles. The van der Waals surface area contributed by atoms with Gasteiger partial charge in [0.25, 0.3) is 5.91 Å². The molecule has 1 aromatic rings. The van der Waals surface area contributed by atoms with Crippen molar-refractivity contribution >= 4 is 23.4 Å². The minimum Gasteiger partial charge on any atom is -0.393 e. The Hall–Kier alpha value is -1.66. The van der Waals surface area contributed by atoms with Gasteiger partial charge in [-0.1, -0.05) is 11.6 Å². The number of aliphatic hydroxyl groups excluding tert-OH is 1. The van der Waals surface area contributed by atoms with Crippen LogP contribution in [0.4, 0.5) is 4.39 Å². The molecule has 2 rings (SSSR count). The molecule has 0 spiro atoms. The molecule has 2 amide bonds. The van der Waals surface area contributed by atoms with Crippen LogP contribution in [0.5, 0.6) is 0 Å². The first-order chi connectivity index (χ1) is 10.5. The van der Waals surface area contributed by atoms with E-state index in [0.717, 1.165) is 12.1 Å². The maximum absolute atomic E-state index is 12.9. The first-order valence-electron chi connectivity index (χ1n) is 7.16. The van der Waals surface area contributed by atoms with Crippen LogP contribution in [-0.2, 0) is 4.79 Å². The summed E-state index contributed by atoms with van der Waals surface area (Å²) in [4.78, 5) is 25.5. The number of halogens is 2. The molecule has 1 aliphatic rings. The van der Waals surface area contributed by atoms with Gasteiger partial charge in [-0.2, -0.15) is 0 Å². The quantitative estimate of drug-likeness (QED) is 0.881. The molecular weight excluding hydrogens is 311 g/mol. The Bertz CT molecular complexity index is 560. The van der Waals surface area contributed by atoms with Crippen molar-refractivity contribution in [2.75, 3.05) is 19.6 Å². The van der Waals surface area contributed by atoms with Gasteiger partial charge in [0, 0.05) is 26.1 Å². The predicted octanol–water partition coefficient (Wildman–Crippen LogP) is 1.58. The monoisotopic (exact) mass is 328 g/mol. The van der Waals surface area contributed by atoms with Crippen LogP contribution in [-0.4, -0.2) is 47.6 Å². The van der Waals surface area contributed by atoms with Crippen LogP contribution < -0.4 is 5.32 Å². The molecule has 1 aromatic carbocycles. The van der Waals surface area contributed by atoms with Gasteiger partial charge >= 0.3 is 0 Å². The van der Waals surface area contributed by atoms with Gasteiger partial charge in [0.05, 0.1) is 16.7 Å². The van der Waals surface area contributed by atoms with Gasteiger partial charge in [-0.15, -0.1) is 0 Å². The van der Waals surface area contributed by atoms with E-state index in [4.69, 9.17) is 11.6 Å². The molecule has 7 heteroatoms. The van der Waals surface area contributed by atoms with Gasteiger partial charge < -0.3 is 15.3 Å². The van der Waals surface area contributed by atoms with E-state index in [2.05, 4.69) is 5.32 Å². The third-order valence-corrected chi connectivity index (χ3v) is 3.93. The summed E-state index contributed by atoms with van der Waals surface area (Å²) in [6.45, 7) is 1.26. The lowest BCUT2D eigenvalue weighted by atomic mass is 10.1. The van der Waals surface area contributed by atoms with Gasteiger partial charge in [-0.05, 0) is 31.0 Å². The van der Waals surface area contributed by atoms with Crippen LogP contribution in [0.3, 0.4) is 0 Å². The zero-order chi connectivity index (χ0) is 16.1. The number of nitrogens with zero attached hydrogens (tertiary/aromatic N) is 1. The minimum absolute atomic E-state index is 0.0360. The Labute approximate surface area is 133 Å². The van der Waals surface area contributed by atoms with E-state index in [-0.39, 0.29) is 35.6 Å². The topological polar surface area (TPSA) is 69.6 Å². The highest BCUT2D eigenvalue weighted by molar-refractivity contribution is 6.33. The summed E-state index contributed by atoms with van der Waals surface area (Å²) >= 11 is 5.80. The summed E-state index contributed by atoms with van der Waals surface area (Å²) in [7, 11) is 0. The molecule has 5 nitrogen and oxygen atoms in total. The second kappa shape index (κ2) is 7.56.